The van der Waals surface area contributed by atoms with Gasteiger partial charge in [0.05, 0.1) is 0 Å². The van der Waals surface area contributed by atoms with E-state index in [9.17, 15) is 4.79 Å². The number of esters is 1. The Morgan fingerprint density at radius 2 is 2.45 bits per heavy atom. The Kier molecular flexibility index (Phi) is 5.42. The maximum Gasteiger partial charge on any atom is 0.323 e. The van der Waals surface area contributed by atoms with Crippen LogP contribution in [0.3, 0.4) is 0 Å². The number of hydrogen-bond donors (Lipinski definition) is 2. The zero-order chi connectivity index (χ0) is 8.69. The van der Waals surface area contributed by atoms with E-state index in [1.807, 2.05) is 0 Å². The summed E-state index contributed by atoms with van der Waals surface area (Å²) in [6.07, 6.45) is 1.69. The van der Waals surface area contributed by atoms with Crippen molar-refractivity contribution in [3.8, 4) is 0 Å². The highest BCUT2D eigenvalue weighted by atomic mass is 16.5. The van der Waals surface area contributed by atoms with Crippen molar-refractivity contribution in [2.45, 2.75) is 12.5 Å². The van der Waals surface area contributed by atoms with Crippen LogP contribution in [0.25, 0.3) is 0 Å². The minimum atomic E-state index is -0.722. The van der Waals surface area contributed by atoms with Gasteiger partial charge < -0.3 is 15.6 Å². The van der Waals surface area contributed by atoms with Gasteiger partial charge in [0.1, 0.15) is 12.6 Å². The minimum absolute atomic E-state index is 0.107. The molecule has 0 spiro atoms. The van der Waals surface area contributed by atoms with Crippen LogP contribution in [-0.4, -0.2) is 30.3 Å². The molecule has 0 rings (SSSR count). The summed E-state index contributed by atoms with van der Waals surface area (Å²) in [6, 6.07) is -0.722. The standard InChI is InChI=1S/C7H13NO3/c1-2-5-11-7(10)6(8)3-4-9/h2,6,9H,1,3-5,8H2/t6-/m0/s1. The van der Waals surface area contributed by atoms with E-state index in [1.165, 1.54) is 6.08 Å². The Hall–Kier alpha value is -0.870. The molecule has 3 N–H and O–H groups in total. The van der Waals surface area contributed by atoms with E-state index in [1.54, 1.807) is 0 Å². The van der Waals surface area contributed by atoms with Gasteiger partial charge in [-0.05, 0) is 6.42 Å². The average molecular weight is 159 g/mol. The van der Waals surface area contributed by atoms with Gasteiger partial charge >= 0.3 is 5.97 Å². The fourth-order valence-electron chi connectivity index (χ4n) is 0.505. The second-order valence-corrected chi connectivity index (χ2v) is 2.04. The monoisotopic (exact) mass is 159 g/mol. The van der Waals surface area contributed by atoms with Crippen molar-refractivity contribution < 1.29 is 14.6 Å². The number of ether oxygens (including phenoxy) is 1. The van der Waals surface area contributed by atoms with Crippen molar-refractivity contribution in [3.63, 3.8) is 0 Å². The Morgan fingerprint density at radius 1 is 1.82 bits per heavy atom. The number of nitrogens with two attached hydrogens (primary N) is 1. The molecule has 0 aliphatic rings. The summed E-state index contributed by atoms with van der Waals surface area (Å²) in [5.74, 6) is -0.501. The highest BCUT2D eigenvalue weighted by Gasteiger charge is 2.12. The summed E-state index contributed by atoms with van der Waals surface area (Å²) in [5, 5.41) is 8.40. The van der Waals surface area contributed by atoms with Crippen LogP contribution in [-0.2, 0) is 9.53 Å². The molecule has 0 radical (unpaired) electrons. The van der Waals surface area contributed by atoms with Crippen molar-refractivity contribution in [1.29, 1.82) is 0 Å². The predicted molar refractivity (Wildman–Crippen MR) is 40.8 cm³/mol. The zero-order valence-corrected chi connectivity index (χ0v) is 6.32. The van der Waals surface area contributed by atoms with Crippen molar-refractivity contribution in [2.24, 2.45) is 5.73 Å². The van der Waals surface area contributed by atoms with Crippen LogP contribution >= 0.6 is 0 Å². The SMILES string of the molecule is C=CCOC(=O)[C@@H](N)CCO. The van der Waals surface area contributed by atoms with Crippen LogP contribution in [0.5, 0.6) is 0 Å². The lowest BCUT2D eigenvalue weighted by molar-refractivity contribution is -0.144. The first-order chi connectivity index (χ1) is 5.22. The highest BCUT2D eigenvalue weighted by molar-refractivity contribution is 5.75. The summed E-state index contributed by atoms with van der Waals surface area (Å²) >= 11 is 0. The third-order valence-corrected chi connectivity index (χ3v) is 1.09. The first-order valence-corrected chi connectivity index (χ1v) is 3.36. The fourth-order valence-corrected chi connectivity index (χ4v) is 0.505. The van der Waals surface area contributed by atoms with Gasteiger partial charge in [-0.3, -0.25) is 4.79 Å². The number of hydrogen-bond acceptors (Lipinski definition) is 4. The maximum atomic E-state index is 10.8. The number of aliphatic hydroxyl groups is 1. The summed E-state index contributed by atoms with van der Waals surface area (Å²) in [5.41, 5.74) is 5.30. The smallest absolute Gasteiger partial charge is 0.323 e. The molecule has 0 aromatic carbocycles. The number of rotatable bonds is 5. The van der Waals surface area contributed by atoms with Gasteiger partial charge in [0.15, 0.2) is 0 Å². The highest BCUT2D eigenvalue weighted by Crippen LogP contribution is 1.90. The summed E-state index contributed by atoms with van der Waals surface area (Å²) < 4.78 is 4.61. The molecule has 4 nitrogen and oxygen atoms in total. The third kappa shape index (κ3) is 4.52. The first-order valence-electron chi connectivity index (χ1n) is 3.36. The topological polar surface area (TPSA) is 72.5 Å². The van der Waals surface area contributed by atoms with E-state index in [0.29, 0.717) is 0 Å². The van der Waals surface area contributed by atoms with E-state index in [-0.39, 0.29) is 19.6 Å². The van der Waals surface area contributed by atoms with Crippen molar-refractivity contribution in [1.82, 2.24) is 0 Å². The molecule has 1 atom stereocenters. The van der Waals surface area contributed by atoms with Crippen molar-refractivity contribution >= 4 is 5.97 Å². The quantitative estimate of drug-likeness (QED) is 0.416. The fraction of sp³-hybridized carbons (Fsp3) is 0.571. The maximum absolute atomic E-state index is 10.8. The Balaban J connectivity index is 3.54. The molecule has 0 amide bonds. The van der Waals surface area contributed by atoms with Gasteiger partial charge in [0.25, 0.3) is 0 Å². The molecule has 0 aliphatic heterocycles. The van der Waals surface area contributed by atoms with Crippen LogP contribution < -0.4 is 5.73 Å². The van der Waals surface area contributed by atoms with Crippen LogP contribution in [0, 0.1) is 0 Å². The third-order valence-electron chi connectivity index (χ3n) is 1.09. The van der Waals surface area contributed by atoms with E-state index < -0.39 is 12.0 Å². The predicted octanol–water partition coefficient (Wildman–Crippen LogP) is -0.575. The van der Waals surface area contributed by atoms with Crippen LogP contribution in [0.15, 0.2) is 12.7 Å². The average Bonchev–Trinajstić information content (AvgIpc) is 2.00. The molecule has 0 aromatic heterocycles. The van der Waals surface area contributed by atoms with Gasteiger partial charge in [0, 0.05) is 6.61 Å². The van der Waals surface area contributed by atoms with Gasteiger partial charge in [-0.2, -0.15) is 0 Å². The van der Waals surface area contributed by atoms with Crippen molar-refractivity contribution in [2.75, 3.05) is 13.2 Å². The normalized spacial score (nSPS) is 12.2. The Morgan fingerprint density at radius 3 is 2.91 bits per heavy atom. The number of carbonyl (C=O) groups excluding carboxylic acids is 1. The molecule has 4 heteroatoms. The Bertz CT molecular complexity index is 136. The van der Waals surface area contributed by atoms with Crippen molar-refractivity contribution in [3.05, 3.63) is 12.7 Å². The second-order valence-electron chi connectivity index (χ2n) is 2.04. The van der Waals surface area contributed by atoms with E-state index >= 15 is 0 Å². The Labute approximate surface area is 65.6 Å². The lowest BCUT2D eigenvalue weighted by atomic mass is 10.2. The summed E-state index contributed by atoms with van der Waals surface area (Å²) in [7, 11) is 0. The molecule has 64 valence electrons. The van der Waals surface area contributed by atoms with Crippen LogP contribution in [0.2, 0.25) is 0 Å². The van der Waals surface area contributed by atoms with Gasteiger partial charge in [-0.1, -0.05) is 12.7 Å². The molecule has 0 aromatic rings. The summed E-state index contributed by atoms with van der Waals surface area (Å²) in [4.78, 5) is 10.8. The molecule has 0 unspecified atom stereocenters. The summed E-state index contributed by atoms with van der Waals surface area (Å²) in [6.45, 7) is 3.43. The molecule has 11 heavy (non-hydrogen) atoms. The van der Waals surface area contributed by atoms with Crippen LogP contribution in [0.1, 0.15) is 6.42 Å². The number of carbonyl (C=O) groups is 1. The van der Waals surface area contributed by atoms with E-state index in [2.05, 4.69) is 11.3 Å². The molecule has 0 fully saturated rings. The van der Waals surface area contributed by atoms with Gasteiger partial charge in [-0.25, -0.2) is 0 Å². The largest absolute Gasteiger partial charge is 0.460 e. The zero-order valence-electron chi connectivity index (χ0n) is 6.32. The van der Waals surface area contributed by atoms with E-state index in [4.69, 9.17) is 10.8 Å². The lowest BCUT2D eigenvalue weighted by Crippen LogP contribution is -2.33. The van der Waals surface area contributed by atoms with E-state index in [0.717, 1.165) is 0 Å². The lowest BCUT2D eigenvalue weighted by Gasteiger charge is -2.07. The molecule has 0 saturated carbocycles. The molecule has 0 heterocycles. The molecular formula is C7H13NO3. The molecular weight excluding hydrogens is 146 g/mol. The molecule has 0 aliphatic carbocycles. The van der Waals surface area contributed by atoms with Crippen LogP contribution in [0.4, 0.5) is 0 Å². The van der Waals surface area contributed by atoms with Gasteiger partial charge in [0.2, 0.25) is 0 Å². The molecule has 0 bridgehead atoms. The first kappa shape index (κ1) is 10.1. The molecule has 0 saturated heterocycles. The number of aliphatic hydroxyl groups excluding tert-OH is 1. The van der Waals surface area contributed by atoms with Gasteiger partial charge in [-0.15, -0.1) is 0 Å². The minimum Gasteiger partial charge on any atom is -0.460 e. The second kappa shape index (κ2) is 5.88.